The molecule has 0 amide bonds. The van der Waals surface area contributed by atoms with Gasteiger partial charge in [-0.25, -0.2) is 0 Å². The number of hydrogen-bond donors (Lipinski definition) is 1. The number of likely N-dealkylation sites (tertiary alicyclic amines) is 1. The molecule has 120 valence electrons. The quantitative estimate of drug-likeness (QED) is 0.800. The van der Waals surface area contributed by atoms with Gasteiger partial charge in [0.2, 0.25) is 0 Å². The Morgan fingerprint density at radius 1 is 0.762 bits per heavy atom. The lowest BCUT2D eigenvalue weighted by Crippen LogP contribution is -2.53. The van der Waals surface area contributed by atoms with E-state index in [1.54, 1.807) is 0 Å². The molecule has 1 heterocycles. The summed E-state index contributed by atoms with van der Waals surface area (Å²) in [7, 11) is 0. The summed E-state index contributed by atoms with van der Waals surface area (Å²) in [6.45, 7) is 4.07. The number of nitrogens with zero attached hydrogens (tertiary/aromatic N) is 1. The summed E-state index contributed by atoms with van der Waals surface area (Å²) in [6, 6.07) is 1.73. The van der Waals surface area contributed by atoms with E-state index >= 15 is 0 Å². The second kappa shape index (κ2) is 6.58. The van der Waals surface area contributed by atoms with E-state index in [2.05, 4.69) is 10.2 Å². The summed E-state index contributed by atoms with van der Waals surface area (Å²) < 4.78 is 0. The first-order valence-electron chi connectivity index (χ1n) is 9.84. The minimum atomic E-state index is 0.795. The zero-order valence-corrected chi connectivity index (χ0v) is 13.7. The van der Waals surface area contributed by atoms with Crippen LogP contribution in [0.15, 0.2) is 0 Å². The Balaban J connectivity index is 1.32. The van der Waals surface area contributed by atoms with Crippen molar-refractivity contribution in [3.63, 3.8) is 0 Å². The van der Waals surface area contributed by atoms with Crippen LogP contribution < -0.4 is 5.32 Å². The maximum atomic E-state index is 3.96. The molecule has 0 spiro atoms. The van der Waals surface area contributed by atoms with Crippen LogP contribution in [0.3, 0.4) is 0 Å². The largest absolute Gasteiger partial charge is 0.312 e. The van der Waals surface area contributed by atoms with Gasteiger partial charge in [-0.05, 0) is 62.8 Å². The van der Waals surface area contributed by atoms with Crippen molar-refractivity contribution in [1.29, 1.82) is 0 Å². The molecule has 1 N–H and O–H groups in total. The van der Waals surface area contributed by atoms with Crippen LogP contribution in [0.25, 0.3) is 0 Å². The lowest BCUT2D eigenvalue weighted by molar-refractivity contribution is 0.0895. The van der Waals surface area contributed by atoms with Crippen LogP contribution >= 0.6 is 0 Å². The van der Waals surface area contributed by atoms with Crippen molar-refractivity contribution in [2.75, 3.05) is 19.6 Å². The van der Waals surface area contributed by atoms with Crippen molar-refractivity contribution in [3.05, 3.63) is 0 Å². The Labute approximate surface area is 131 Å². The highest BCUT2D eigenvalue weighted by molar-refractivity contribution is 4.91. The molecule has 0 aromatic heterocycles. The SMILES string of the molecule is C1CC(CNC2CC(CC3CC3)CN(C3CCCC3)C2)C1. The van der Waals surface area contributed by atoms with E-state index in [0.29, 0.717) is 0 Å². The monoisotopic (exact) mass is 290 g/mol. The standard InChI is InChI=1S/C19H34N2/c1-2-7-19(6-1)21-13-17(10-15-8-9-15)11-18(14-21)20-12-16-4-3-5-16/h15-20H,1-14H2. The minimum Gasteiger partial charge on any atom is -0.312 e. The van der Waals surface area contributed by atoms with E-state index in [1.807, 2.05) is 0 Å². The molecule has 1 saturated heterocycles. The zero-order chi connectivity index (χ0) is 14.1. The Kier molecular flexibility index (Phi) is 4.55. The average Bonchev–Trinajstić information content (AvgIpc) is 3.06. The van der Waals surface area contributed by atoms with Crippen molar-refractivity contribution in [2.45, 2.75) is 82.7 Å². The van der Waals surface area contributed by atoms with Gasteiger partial charge in [0, 0.05) is 25.2 Å². The third-order valence-corrected chi connectivity index (χ3v) is 6.69. The van der Waals surface area contributed by atoms with Crippen LogP contribution in [0, 0.1) is 17.8 Å². The fourth-order valence-corrected chi connectivity index (χ4v) is 4.98. The van der Waals surface area contributed by atoms with Crippen molar-refractivity contribution >= 4 is 0 Å². The van der Waals surface area contributed by atoms with Gasteiger partial charge in [-0.2, -0.15) is 0 Å². The number of rotatable bonds is 6. The van der Waals surface area contributed by atoms with Crippen LogP contribution in [-0.4, -0.2) is 36.6 Å². The third-order valence-electron chi connectivity index (χ3n) is 6.69. The number of piperidine rings is 1. The molecule has 2 heteroatoms. The summed E-state index contributed by atoms with van der Waals surface area (Å²) in [5.41, 5.74) is 0. The molecular weight excluding hydrogens is 256 g/mol. The Morgan fingerprint density at radius 3 is 2.24 bits per heavy atom. The van der Waals surface area contributed by atoms with Crippen molar-refractivity contribution in [2.24, 2.45) is 17.8 Å². The Morgan fingerprint density at radius 2 is 1.57 bits per heavy atom. The van der Waals surface area contributed by atoms with E-state index in [9.17, 15) is 0 Å². The second-order valence-electron chi connectivity index (χ2n) is 8.58. The molecule has 4 aliphatic rings. The van der Waals surface area contributed by atoms with Crippen LogP contribution in [0.5, 0.6) is 0 Å². The van der Waals surface area contributed by atoms with Crippen molar-refractivity contribution in [3.8, 4) is 0 Å². The van der Waals surface area contributed by atoms with Gasteiger partial charge in [-0.15, -0.1) is 0 Å². The van der Waals surface area contributed by atoms with Crippen molar-refractivity contribution in [1.82, 2.24) is 10.2 Å². The summed E-state index contributed by atoms with van der Waals surface area (Å²) in [6.07, 6.45) is 16.4. The first kappa shape index (κ1) is 14.5. The molecule has 3 saturated carbocycles. The smallest absolute Gasteiger partial charge is 0.0198 e. The molecule has 2 atom stereocenters. The first-order valence-corrected chi connectivity index (χ1v) is 9.84. The van der Waals surface area contributed by atoms with Crippen LogP contribution in [-0.2, 0) is 0 Å². The molecule has 0 aromatic rings. The van der Waals surface area contributed by atoms with Gasteiger partial charge in [0.25, 0.3) is 0 Å². The van der Waals surface area contributed by atoms with Gasteiger partial charge < -0.3 is 5.32 Å². The number of nitrogens with one attached hydrogen (secondary N) is 1. The van der Waals surface area contributed by atoms with E-state index in [4.69, 9.17) is 0 Å². The predicted molar refractivity (Wildman–Crippen MR) is 88.4 cm³/mol. The van der Waals surface area contributed by atoms with Gasteiger partial charge in [0.15, 0.2) is 0 Å². The molecule has 0 bridgehead atoms. The molecule has 3 aliphatic carbocycles. The molecule has 4 fully saturated rings. The average molecular weight is 290 g/mol. The lowest BCUT2D eigenvalue weighted by Gasteiger charge is -2.42. The lowest BCUT2D eigenvalue weighted by atomic mass is 9.84. The third kappa shape index (κ3) is 3.82. The van der Waals surface area contributed by atoms with Gasteiger partial charge in [-0.1, -0.05) is 32.1 Å². The van der Waals surface area contributed by atoms with Gasteiger partial charge >= 0.3 is 0 Å². The normalized spacial score (nSPS) is 36.0. The van der Waals surface area contributed by atoms with Crippen LogP contribution in [0.2, 0.25) is 0 Å². The van der Waals surface area contributed by atoms with Gasteiger partial charge in [0.05, 0.1) is 0 Å². The molecular formula is C19H34N2. The fourth-order valence-electron chi connectivity index (χ4n) is 4.98. The Bertz CT molecular complexity index is 328. The minimum absolute atomic E-state index is 0.795. The zero-order valence-electron chi connectivity index (χ0n) is 13.7. The van der Waals surface area contributed by atoms with Crippen molar-refractivity contribution < 1.29 is 0 Å². The second-order valence-corrected chi connectivity index (χ2v) is 8.58. The highest BCUT2D eigenvalue weighted by Crippen LogP contribution is 2.39. The highest BCUT2D eigenvalue weighted by atomic mass is 15.2. The molecule has 0 radical (unpaired) electrons. The molecule has 1 aliphatic heterocycles. The maximum absolute atomic E-state index is 3.96. The van der Waals surface area contributed by atoms with Gasteiger partial charge in [-0.3, -0.25) is 4.90 Å². The highest BCUT2D eigenvalue weighted by Gasteiger charge is 2.35. The summed E-state index contributed by atoms with van der Waals surface area (Å²) in [5.74, 6) is 3.10. The van der Waals surface area contributed by atoms with Gasteiger partial charge in [0.1, 0.15) is 0 Å². The van der Waals surface area contributed by atoms with E-state index in [0.717, 1.165) is 29.8 Å². The van der Waals surface area contributed by atoms with Crippen LogP contribution in [0.1, 0.15) is 70.6 Å². The molecule has 0 aromatic carbocycles. The summed E-state index contributed by atoms with van der Waals surface area (Å²) in [5, 5.41) is 3.96. The summed E-state index contributed by atoms with van der Waals surface area (Å²) in [4.78, 5) is 2.89. The molecule has 21 heavy (non-hydrogen) atoms. The number of hydrogen-bond acceptors (Lipinski definition) is 2. The van der Waals surface area contributed by atoms with E-state index < -0.39 is 0 Å². The molecule has 4 rings (SSSR count). The summed E-state index contributed by atoms with van der Waals surface area (Å²) >= 11 is 0. The van der Waals surface area contributed by atoms with E-state index in [1.165, 1.54) is 90.3 Å². The predicted octanol–water partition coefficient (Wildman–Crippen LogP) is 3.81. The topological polar surface area (TPSA) is 15.3 Å². The Hall–Kier alpha value is -0.0800. The van der Waals surface area contributed by atoms with E-state index in [-0.39, 0.29) is 0 Å². The molecule has 2 unspecified atom stereocenters. The maximum Gasteiger partial charge on any atom is 0.0198 e. The fraction of sp³-hybridized carbons (Fsp3) is 1.00. The first-order chi connectivity index (χ1) is 10.4. The molecule has 2 nitrogen and oxygen atoms in total. The van der Waals surface area contributed by atoms with Crippen LogP contribution in [0.4, 0.5) is 0 Å².